The molecule has 1 atom stereocenters. The standard InChI is InChI=1S/C24H25N5O4S/c1-31-18-11-14(12-19(32-2)22(18)33-3)21-20-16(8-6-9-17(20)30)26-23-27-24(28-29(21)23)34-13-15-7-4-5-10-25-15/h4-5,7,10-12,21H,6,8-9,13H2,1-3H3,(H,26,27,28)/t21-/m0/s1. The van der Waals surface area contributed by atoms with Crippen LogP contribution >= 0.6 is 11.8 Å². The van der Waals surface area contributed by atoms with Crippen LogP contribution in [-0.2, 0) is 10.5 Å². The number of Topliss-reactive ketones (excluding diaryl/α,β-unsaturated/α-hetero) is 1. The van der Waals surface area contributed by atoms with Crippen LogP contribution in [-0.4, -0.2) is 46.9 Å². The number of ether oxygens (including phenoxy) is 3. The molecule has 1 N–H and O–H groups in total. The van der Waals surface area contributed by atoms with Gasteiger partial charge in [-0.15, -0.1) is 5.10 Å². The van der Waals surface area contributed by atoms with Crippen LogP contribution in [0.4, 0.5) is 5.95 Å². The normalized spacial score (nSPS) is 17.0. The number of allylic oxidation sites excluding steroid dienone is 2. The molecule has 0 spiro atoms. The molecule has 10 heteroatoms. The van der Waals surface area contributed by atoms with E-state index in [9.17, 15) is 4.79 Å². The molecule has 0 fully saturated rings. The summed E-state index contributed by atoms with van der Waals surface area (Å²) in [5, 5.41) is 8.75. The van der Waals surface area contributed by atoms with Gasteiger partial charge < -0.3 is 19.5 Å². The Hall–Kier alpha value is -3.53. The first kappa shape index (κ1) is 22.3. The van der Waals surface area contributed by atoms with Crippen LogP contribution in [0.1, 0.15) is 36.6 Å². The number of hydrogen-bond acceptors (Lipinski definition) is 9. The number of carbonyl (C=O) groups is 1. The van der Waals surface area contributed by atoms with E-state index in [0.717, 1.165) is 29.8 Å². The molecule has 3 aromatic rings. The van der Waals surface area contributed by atoms with Crippen molar-refractivity contribution in [2.24, 2.45) is 0 Å². The van der Waals surface area contributed by atoms with Crippen molar-refractivity contribution < 1.29 is 19.0 Å². The summed E-state index contributed by atoms with van der Waals surface area (Å²) in [7, 11) is 4.72. The fourth-order valence-corrected chi connectivity index (χ4v) is 5.13. The van der Waals surface area contributed by atoms with Crippen LogP contribution < -0.4 is 19.5 Å². The van der Waals surface area contributed by atoms with Gasteiger partial charge in [0.1, 0.15) is 6.04 Å². The number of rotatable bonds is 7. The highest BCUT2D eigenvalue weighted by atomic mass is 32.2. The Morgan fingerprint density at radius 1 is 1.12 bits per heavy atom. The lowest BCUT2D eigenvalue weighted by Crippen LogP contribution is -2.31. The highest BCUT2D eigenvalue weighted by Gasteiger charge is 2.37. The van der Waals surface area contributed by atoms with Crippen molar-refractivity contribution >= 4 is 23.5 Å². The lowest BCUT2D eigenvalue weighted by Gasteiger charge is -2.32. The molecule has 5 rings (SSSR count). The van der Waals surface area contributed by atoms with Crippen molar-refractivity contribution in [1.82, 2.24) is 19.7 Å². The Morgan fingerprint density at radius 3 is 2.59 bits per heavy atom. The average Bonchev–Trinajstić information content (AvgIpc) is 3.28. The van der Waals surface area contributed by atoms with E-state index in [4.69, 9.17) is 24.3 Å². The molecule has 1 aliphatic carbocycles. The van der Waals surface area contributed by atoms with Gasteiger partial charge in [-0.05, 0) is 42.7 Å². The molecule has 3 heterocycles. The minimum Gasteiger partial charge on any atom is -0.493 e. The van der Waals surface area contributed by atoms with Gasteiger partial charge in [0.25, 0.3) is 0 Å². The van der Waals surface area contributed by atoms with Gasteiger partial charge in [0, 0.05) is 29.6 Å². The molecule has 2 aliphatic rings. The van der Waals surface area contributed by atoms with Crippen LogP contribution in [0.25, 0.3) is 0 Å². The Kier molecular flexibility index (Phi) is 6.14. The Balaban J connectivity index is 1.58. The Bertz CT molecular complexity index is 1230. The number of nitrogens with one attached hydrogen (secondary N) is 1. The fourth-order valence-electron chi connectivity index (χ4n) is 4.39. The lowest BCUT2D eigenvalue weighted by molar-refractivity contribution is -0.116. The third-order valence-corrected chi connectivity index (χ3v) is 6.80. The fraction of sp³-hybridized carbons (Fsp3) is 0.333. The summed E-state index contributed by atoms with van der Waals surface area (Å²) < 4.78 is 18.4. The number of fused-ring (bicyclic) bond motifs is 1. The van der Waals surface area contributed by atoms with Crippen molar-refractivity contribution in [3.05, 3.63) is 59.1 Å². The highest BCUT2D eigenvalue weighted by molar-refractivity contribution is 7.98. The first-order chi connectivity index (χ1) is 16.6. The number of thioether (sulfide) groups is 1. The van der Waals surface area contributed by atoms with E-state index in [0.29, 0.717) is 46.1 Å². The largest absolute Gasteiger partial charge is 0.493 e. The molecule has 2 aromatic heterocycles. The zero-order chi connectivity index (χ0) is 23.7. The van der Waals surface area contributed by atoms with Crippen molar-refractivity contribution in [3.8, 4) is 17.2 Å². The van der Waals surface area contributed by atoms with Crippen molar-refractivity contribution in [2.75, 3.05) is 26.6 Å². The van der Waals surface area contributed by atoms with Crippen LogP contribution in [0.5, 0.6) is 17.2 Å². The number of benzene rings is 1. The molecule has 0 saturated heterocycles. The number of carbonyl (C=O) groups excluding carboxylic acids is 1. The zero-order valence-corrected chi connectivity index (χ0v) is 20.0. The van der Waals surface area contributed by atoms with Crippen molar-refractivity contribution in [3.63, 3.8) is 0 Å². The van der Waals surface area contributed by atoms with Crippen molar-refractivity contribution in [2.45, 2.75) is 36.2 Å². The van der Waals surface area contributed by atoms with Gasteiger partial charge in [0.05, 0.1) is 27.0 Å². The Labute approximate surface area is 201 Å². The number of pyridine rings is 1. The third-order valence-electron chi connectivity index (χ3n) is 5.93. The van der Waals surface area contributed by atoms with E-state index in [1.807, 2.05) is 30.3 Å². The number of hydrogen-bond donors (Lipinski definition) is 1. The van der Waals surface area contributed by atoms with E-state index in [2.05, 4.69) is 10.3 Å². The van der Waals surface area contributed by atoms with Gasteiger partial charge in [-0.1, -0.05) is 17.8 Å². The molecule has 0 amide bonds. The second-order valence-corrected chi connectivity index (χ2v) is 8.87. The van der Waals surface area contributed by atoms with Crippen LogP contribution in [0.2, 0.25) is 0 Å². The monoisotopic (exact) mass is 479 g/mol. The zero-order valence-electron chi connectivity index (χ0n) is 19.2. The number of aromatic nitrogens is 4. The number of anilines is 1. The quantitative estimate of drug-likeness (QED) is 0.504. The van der Waals surface area contributed by atoms with Gasteiger partial charge in [-0.25, -0.2) is 4.68 Å². The third kappa shape index (κ3) is 3.98. The molecule has 0 radical (unpaired) electrons. The number of nitrogens with zero attached hydrogens (tertiary/aromatic N) is 4. The van der Waals surface area contributed by atoms with E-state index in [1.165, 1.54) is 11.8 Å². The maximum absolute atomic E-state index is 13.1. The summed E-state index contributed by atoms with van der Waals surface area (Å²) in [4.78, 5) is 22.2. The summed E-state index contributed by atoms with van der Waals surface area (Å²) in [6, 6.07) is 9.11. The minimum absolute atomic E-state index is 0.108. The molecule has 1 aromatic carbocycles. The van der Waals surface area contributed by atoms with Gasteiger partial charge in [-0.3, -0.25) is 9.78 Å². The summed E-state index contributed by atoms with van der Waals surface area (Å²) >= 11 is 1.50. The topological polar surface area (TPSA) is 100 Å². The molecule has 9 nitrogen and oxygen atoms in total. The highest BCUT2D eigenvalue weighted by Crippen LogP contribution is 2.45. The average molecular weight is 480 g/mol. The molecular formula is C24H25N5O4S. The predicted molar refractivity (Wildman–Crippen MR) is 128 cm³/mol. The molecular weight excluding hydrogens is 454 g/mol. The van der Waals surface area contributed by atoms with E-state index in [1.54, 1.807) is 32.2 Å². The molecule has 34 heavy (non-hydrogen) atoms. The molecule has 0 unspecified atom stereocenters. The van der Waals surface area contributed by atoms with Crippen LogP contribution in [0, 0.1) is 0 Å². The van der Waals surface area contributed by atoms with Crippen LogP contribution in [0.3, 0.4) is 0 Å². The van der Waals surface area contributed by atoms with E-state index in [-0.39, 0.29) is 5.78 Å². The molecule has 176 valence electrons. The SMILES string of the molecule is COc1cc([C@H]2C3=C(CCCC3=O)Nc3nc(SCc4ccccn4)nn32)cc(OC)c1OC. The van der Waals surface area contributed by atoms with Gasteiger partial charge >= 0.3 is 0 Å². The first-order valence-electron chi connectivity index (χ1n) is 10.9. The summed E-state index contributed by atoms with van der Waals surface area (Å²) in [5.74, 6) is 2.90. The van der Waals surface area contributed by atoms with E-state index >= 15 is 0 Å². The summed E-state index contributed by atoms with van der Waals surface area (Å²) in [6.07, 6.45) is 3.87. The smallest absolute Gasteiger partial charge is 0.227 e. The van der Waals surface area contributed by atoms with Gasteiger partial charge in [0.2, 0.25) is 16.9 Å². The van der Waals surface area contributed by atoms with Crippen LogP contribution in [0.15, 0.2) is 53.0 Å². The summed E-state index contributed by atoms with van der Waals surface area (Å²) in [5.41, 5.74) is 3.36. The maximum atomic E-state index is 13.1. The first-order valence-corrected chi connectivity index (χ1v) is 11.9. The minimum atomic E-state index is -0.454. The number of methoxy groups -OCH3 is 3. The summed E-state index contributed by atoms with van der Waals surface area (Å²) in [6.45, 7) is 0. The lowest BCUT2D eigenvalue weighted by atomic mass is 9.85. The Morgan fingerprint density at radius 2 is 1.91 bits per heavy atom. The van der Waals surface area contributed by atoms with Crippen molar-refractivity contribution in [1.29, 1.82) is 0 Å². The van der Waals surface area contributed by atoms with Gasteiger partial charge in [0.15, 0.2) is 17.3 Å². The second-order valence-electron chi connectivity index (χ2n) is 7.93. The van der Waals surface area contributed by atoms with Gasteiger partial charge in [-0.2, -0.15) is 4.98 Å². The number of ketones is 1. The van der Waals surface area contributed by atoms with E-state index < -0.39 is 6.04 Å². The molecule has 0 bridgehead atoms. The molecule has 0 saturated carbocycles. The molecule has 1 aliphatic heterocycles. The predicted octanol–water partition coefficient (Wildman–Crippen LogP) is 4.01. The second kappa shape index (κ2) is 9.38. The maximum Gasteiger partial charge on any atom is 0.227 e.